The molecular formula is C22H21N5O6. The van der Waals surface area contributed by atoms with Gasteiger partial charge in [-0.15, -0.1) is 0 Å². The van der Waals surface area contributed by atoms with Crippen LogP contribution in [0.2, 0.25) is 0 Å². The maximum atomic E-state index is 12.9. The zero-order valence-electron chi connectivity index (χ0n) is 17.5. The van der Waals surface area contributed by atoms with Crippen LogP contribution in [0.3, 0.4) is 0 Å². The van der Waals surface area contributed by atoms with Gasteiger partial charge in [0.05, 0.1) is 29.3 Å². The molecule has 11 heteroatoms. The van der Waals surface area contributed by atoms with Crippen molar-refractivity contribution in [3.8, 4) is 28.5 Å². The summed E-state index contributed by atoms with van der Waals surface area (Å²) >= 11 is 0. The van der Waals surface area contributed by atoms with Gasteiger partial charge in [-0.2, -0.15) is 0 Å². The number of amides is 2. The Hall–Kier alpha value is -4.02. The maximum Gasteiger partial charge on any atom is 0.407 e. The van der Waals surface area contributed by atoms with Crippen molar-refractivity contribution >= 4 is 23.0 Å². The molecule has 1 aromatic carbocycles. The lowest BCUT2D eigenvalue weighted by Crippen LogP contribution is -2.60. The molecule has 33 heavy (non-hydrogen) atoms. The van der Waals surface area contributed by atoms with Crippen LogP contribution in [-0.4, -0.2) is 69.5 Å². The predicted octanol–water partition coefficient (Wildman–Crippen LogP) is 2.23. The van der Waals surface area contributed by atoms with Crippen LogP contribution in [0.4, 0.5) is 4.79 Å². The van der Waals surface area contributed by atoms with Crippen LogP contribution in [0.15, 0.2) is 24.7 Å². The summed E-state index contributed by atoms with van der Waals surface area (Å²) < 4.78 is 17.4. The molecule has 2 aromatic heterocycles. The Morgan fingerprint density at radius 2 is 2.09 bits per heavy atom. The van der Waals surface area contributed by atoms with E-state index in [1.165, 1.54) is 11.2 Å². The third-order valence-corrected chi connectivity index (χ3v) is 6.10. The molecule has 4 heterocycles. The van der Waals surface area contributed by atoms with Crippen LogP contribution < -0.4 is 19.5 Å². The maximum absolute atomic E-state index is 12.9. The van der Waals surface area contributed by atoms with Gasteiger partial charge in [0.25, 0.3) is 5.91 Å². The summed E-state index contributed by atoms with van der Waals surface area (Å²) in [5.74, 6) is 2.03. The summed E-state index contributed by atoms with van der Waals surface area (Å²) in [5.41, 5.74) is 2.59. The monoisotopic (exact) mass is 451 g/mol. The molecule has 3 aromatic rings. The van der Waals surface area contributed by atoms with Crippen molar-refractivity contribution < 1.29 is 28.9 Å². The van der Waals surface area contributed by atoms with Gasteiger partial charge in [0, 0.05) is 19.3 Å². The van der Waals surface area contributed by atoms with Crippen LogP contribution in [0, 0.1) is 5.92 Å². The normalized spacial score (nSPS) is 17.2. The number of nitrogens with zero attached hydrogens (tertiary/aromatic N) is 3. The van der Waals surface area contributed by atoms with Crippen molar-refractivity contribution in [2.24, 2.45) is 5.92 Å². The van der Waals surface area contributed by atoms with E-state index < -0.39 is 6.09 Å². The quantitative estimate of drug-likeness (QED) is 0.519. The van der Waals surface area contributed by atoms with E-state index in [0.717, 1.165) is 12.8 Å². The third kappa shape index (κ3) is 3.45. The van der Waals surface area contributed by atoms with Crippen LogP contribution in [0.1, 0.15) is 23.2 Å². The lowest BCUT2D eigenvalue weighted by molar-refractivity contribution is 0.0769. The van der Waals surface area contributed by atoms with Gasteiger partial charge in [-0.1, -0.05) is 0 Å². The van der Waals surface area contributed by atoms with Gasteiger partial charge in [0.1, 0.15) is 23.3 Å². The molecule has 2 amide bonds. The smallest absolute Gasteiger partial charge is 0.407 e. The molecule has 0 atom stereocenters. The van der Waals surface area contributed by atoms with Crippen LogP contribution in [0.5, 0.6) is 17.2 Å². The Morgan fingerprint density at radius 3 is 2.88 bits per heavy atom. The highest BCUT2D eigenvalue weighted by molar-refractivity contribution is 6.08. The van der Waals surface area contributed by atoms with Crippen LogP contribution >= 0.6 is 0 Å². The number of nitrogens with one attached hydrogen (secondary N) is 2. The molecule has 3 N–H and O–H groups in total. The highest BCUT2D eigenvalue weighted by atomic mass is 16.7. The number of fused-ring (bicyclic) bond motifs is 2. The molecule has 2 aliphatic heterocycles. The molecule has 11 nitrogen and oxygen atoms in total. The number of aromatic amines is 1. The van der Waals surface area contributed by atoms with Crippen molar-refractivity contribution in [2.45, 2.75) is 18.9 Å². The molecule has 0 spiro atoms. The first-order chi connectivity index (χ1) is 16.1. The number of hydrogen-bond acceptors (Lipinski definition) is 7. The number of ether oxygens (including phenoxy) is 3. The van der Waals surface area contributed by atoms with E-state index in [1.54, 1.807) is 6.20 Å². The number of carbonyl (C=O) groups excluding carboxylic acids is 1. The largest absolute Gasteiger partial charge is 0.492 e. The number of rotatable bonds is 6. The van der Waals surface area contributed by atoms with Crippen molar-refractivity contribution in [3.05, 3.63) is 30.2 Å². The zero-order chi connectivity index (χ0) is 22.5. The summed E-state index contributed by atoms with van der Waals surface area (Å²) in [4.78, 5) is 37.0. The highest BCUT2D eigenvalue weighted by Gasteiger charge is 2.33. The number of H-pyrrole nitrogens is 1. The molecule has 1 saturated heterocycles. The third-order valence-electron chi connectivity index (χ3n) is 6.10. The number of carboxylic acid groups (broad SMARTS) is 1. The van der Waals surface area contributed by atoms with E-state index in [1.807, 2.05) is 12.1 Å². The van der Waals surface area contributed by atoms with E-state index in [4.69, 9.17) is 19.3 Å². The first kappa shape index (κ1) is 19.6. The van der Waals surface area contributed by atoms with Gasteiger partial charge in [-0.25, -0.2) is 14.8 Å². The summed E-state index contributed by atoms with van der Waals surface area (Å²) in [6.45, 7) is 1.25. The number of carbonyl (C=O) groups is 2. The highest BCUT2D eigenvalue weighted by Crippen LogP contribution is 2.48. The van der Waals surface area contributed by atoms with E-state index in [9.17, 15) is 9.59 Å². The number of aromatic nitrogens is 3. The summed E-state index contributed by atoms with van der Waals surface area (Å²) in [7, 11) is 0. The first-order valence-corrected chi connectivity index (χ1v) is 10.7. The van der Waals surface area contributed by atoms with E-state index in [-0.39, 0.29) is 31.8 Å². The molecule has 3 aliphatic rings. The van der Waals surface area contributed by atoms with Gasteiger partial charge in [-0.05, 0) is 30.9 Å². The Kier molecular flexibility index (Phi) is 4.49. The van der Waals surface area contributed by atoms with Crippen molar-refractivity contribution in [2.75, 3.05) is 26.5 Å². The van der Waals surface area contributed by atoms with Crippen molar-refractivity contribution in [3.63, 3.8) is 0 Å². The first-order valence-electron chi connectivity index (χ1n) is 10.7. The molecule has 0 radical (unpaired) electrons. The lowest BCUT2D eigenvalue weighted by atomic mass is 10.1. The minimum atomic E-state index is -0.994. The molecule has 1 saturated carbocycles. The second kappa shape index (κ2) is 7.54. The van der Waals surface area contributed by atoms with E-state index in [2.05, 4.69) is 20.3 Å². The Labute approximate surface area is 187 Å². The minimum absolute atomic E-state index is 0.107. The van der Waals surface area contributed by atoms with E-state index >= 15 is 0 Å². The number of benzene rings is 1. The molecule has 170 valence electrons. The van der Waals surface area contributed by atoms with Crippen molar-refractivity contribution in [1.29, 1.82) is 0 Å². The fourth-order valence-corrected chi connectivity index (χ4v) is 4.08. The second-order valence-corrected chi connectivity index (χ2v) is 8.43. The SMILES string of the molecule is O=C(NC1CN(C(=O)O)C1)c1c[nH]c2c(-c3c(OCC4CC4)ccc4c3OCO4)ncnc12. The van der Waals surface area contributed by atoms with Gasteiger partial charge in [0.2, 0.25) is 6.79 Å². The summed E-state index contributed by atoms with van der Waals surface area (Å²) in [6.07, 6.45) is 4.32. The number of likely N-dealkylation sites (tertiary alicyclic amines) is 1. The predicted molar refractivity (Wildman–Crippen MR) is 115 cm³/mol. The average Bonchev–Trinajstić information content (AvgIpc) is 3.30. The zero-order valence-corrected chi connectivity index (χ0v) is 17.5. The lowest BCUT2D eigenvalue weighted by Gasteiger charge is -2.37. The standard InChI is InChI=1S/C22H21N5O6/c28-21(26-12-6-27(7-12)22(29)30)13-5-23-19-17(13)24-9-25-18(19)16-14(31-8-11-1-2-11)3-4-15-20(16)33-10-32-15/h3-5,9,11-12,23H,1-2,6-8,10H2,(H,26,28)(H,29,30). The van der Waals surface area contributed by atoms with Gasteiger partial charge < -0.3 is 34.5 Å². The van der Waals surface area contributed by atoms with Gasteiger partial charge in [-0.3, -0.25) is 4.79 Å². The summed E-state index contributed by atoms with van der Waals surface area (Å²) in [5, 5.41) is 11.8. The fourth-order valence-electron chi connectivity index (χ4n) is 4.08. The molecule has 0 bridgehead atoms. The van der Waals surface area contributed by atoms with E-state index in [0.29, 0.717) is 57.6 Å². The minimum Gasteiger partial charge on any atom is -0.492 e. The Balaban J connectivity index is 1.34. The van der Waals surface area contributed by atoms with Gasteiger partial charge >= 0.3 is 6.09 Å². The Bertz CT molecular complexity index is 1260. The fraction of sp³-hybridized carbons (Fsp3) is 0.364. The summed E-state index contributed by atoms with van der Waals surface area (Å²) in [6, 6.07) is 3.43. The molecular weight excluding hydrogens is 430 g/mol. The second-order valence-electron chi connectivity index (χ2n) is 8.43. The van der Waals surface area contributed by atoms with Crippen LogP contribution in [-0.2, 0) is 0 Å². The topological polar surface area (TPSA) is 139 Å². The molecule has 6 rings (SSSR count). The Morgan fingerprint density at radius 1 is 1.24 bits per heavy atom. The van der Waals surface area contributed by atoms with Crippen LogP contribution in [0.25, 0.3) is 22.3 Å². The molecule has 0 unspecified atom stereocenters. The molecule has 1 aliphatic carbocycles. The van der Waals surface area contributed by atoms with Crippen molar-refractivity contribution in [1.82, 2.24) is 25.2 Å². The number of hydrogen-bond donors (Lipinski definition) is 3. The average molecular weight is 451 g/mol. The molecule has 2 fully saturated rings. The van der Waals surface area contributed by atoms with Gasteiger partial charge in [0.15, 0.2) is 11.5 Å².